The van der Waals surface area contributed by atoms with Gasteiger partial charge in [0.05, 0.1) is 29.6 Å². The molecule has 0 unspecified atom stereocenters. The zero-order valence-corrected chi connectivity index (χ0v) is 16.3. The molecular formula is C19H24N6O2. The van der Waals surface area contributed by atoms with Gasteiger partial charge in [-0.15, -0.1) is 0 Å². The van der Waals surface area contributed by atoms with Crippen LogP contribution in [0.25, 0.3) is 10.9 Å². The van der Waals surface area contributed by atoms with Gasteiger partial charge in [0.1, 0.15) is 0 Å². The van der Waals surface area contributed by atoms with Crippen molar-refractivity contribution in [1.82, 2.24) is 24.5 Å². The highest BCUT2D eigenvalue weighted by Crippen LogP contribution is 2.21. The third kappa shape index (κ3) is 3.69. The highest BCUT2D eigenvalue weighted by Gasteiger charge is 2.22. The molecule has 3 aromatic rings. The van der Waals surface area contributed by atoms with Gasteiger partial charge in [-0.2, -0.15) is 10.2 Å². The number of hydrogen-bond donors (Lipinski definition) is 1. The maximum Gasteiger partial charge on any atom is 0.276 e. The van der Waals surface area contributed by atoms with E-state index in [0.29, 0.717) is 12.2 Å². The molecule has 0 saturated carbocycles. The third-order valence-electron chi connectivity index (χ3n) is 4.56. The van der Waals surface area contributed by atoms with E-state index in [2.05, 4.69) is 21.6 Å². The van der Waals surface area contributed by atoms with Crippen molar-refractivity contribution < 1.29 is 9.59 Å². The molecule has 3 rings (SSSR count). The molecule has 2 amide bonds. The highest BCUT2D eigenvalue weighted by molar-refractivity contribution is 6.02. The number of carbonyl (C=O) groups is 2. The Morgan fingerprint density at radius 2 is 1.96 bits per heavy atom. The van der Waals surface area contributed by atoms with Gasteiger partial charge in [0.2, 0.25) is 5.91 Å². The Kier molecular flexibility index (Phi) is 4.98. The van der Waals surface area contributed by atoms with Gasteiger partial charge in [-0.05, 0) is 25.5 Å². The van der Waals surface area contributed by atoms with E-state index in [-0.39, 0.29) is 23.9 Å². The van der Waals surface area contributed by atoms with Gasteiger partial charge in [0.25, 0.3) is 5.91 Å². The summed E-state index contributed by atoms with van der Waals surface area (Å²) >= 11 is 0. The normalized spacial score (nSPS) is 11.0. The molecule has 142 valence electrons. The van der Waals surface area contributed by atoms with E-state index in [9.17, 15) is 9.59 Å². The summed E-state index contributed by atoms with van der Waals surface area (Å²) in [6.07, 6.45) is 2.04. The number of hydrogen-bond acceptors (Lipinski definition) is 4. The molecule has 8 nitrogen and oxygen atoms in total. The molecule has 0 aliphatic heterocycles. The maximum absolute atomic E-state index is 12.5. The number of nitrogens with one attached hydrogen (secondary N) is 1. The van der Waals surface area contributed by atoms with E-state index in [4.69, 9.17) is 0 Å². The first kappa shape index (κ1) is 18.6. The number of aryl methyl sites for hydroxylation is 3. The van der Waals surface area contributed by atoms with E-state index in [0.717, 1.165) is 22.2 Å². The van der Waals surface area contributed by atoms with Crippen molar-refractivity contribution >= 4 is 28.4 Å². The van der Waals surface area contributed by atoms with Gasteiger partial charge < -0.3 is 10.2 Å². The van der Waals surface area contributed by atoms with Crippen molar-refractivity contribution in [1.29, 1.82) is 0 Å². The topological polar surface area (TPSA) is 85.1 Å². The van der Waals surface area contributed by atoms with Crippen LogP contribution in [0.4, 0.5) is 5.69 Å². The molecule has 0 fully saturated rings. The standard InChI is InChI=1S/C19H24N6O2/c1-12-6-7-14-11-20-25(15(14)10-12)9-8-16(26)21-17-13(2)24(5)22-18(17)19(27)23(3)4/h6-7,10-11H,8-9H2,1-5H3,(H,21,26). The van der Waals surface area contributed by atoms with Gasteiger partial charge in [0.15, 0.2) is 5.69 Å². The van der Waals surface area contributed by atoms with Gasteiger partial charge in [-0.25, -0.2) is 0 Å². The van der Waals surface area contributed by atoms with Crippen molar-refractivity contribution in [2.24, 2.45) is 7.05 Å². The Morgan fingerprint density at radius 3 is 2.67 bits per heavy atom. The van der Waals surface area contributed by atoms with Crippen LogP contribution >= 0.6 is 0 Å². The van der Waals surface area contributed by atoms with E-state index >= 15 is 0 Å². The fraction of sp³-hybridized carbons (Fsp3) is 0.368. The average Bonchev–Trinajstić information content (AvgIpc) is 3.14. The van der Waals surface area contributed by atoms with Crippen LogP contribution in [0, 0.1) is 13.8 Å². The summed E-state index contributed by atoms with van der Waals surface area (Å²) in [4.78, 5) is 26.3. The number of nitrogens with zero attached hydrogens (tertiary/aromatic N) is 5. The van der Waals surface area contributed by atoms with E-state index in [1.165, 1.54) is 4.90 Å². The Bertz CT molecular complexity index is 1010. The number of carbonyl (C=O) groups excluding carboxylic acids is 2. The fourth-order valence-electron chi connectivity index (χ4n) is 2.89. The first-order valence-electron chi connectivity index (χ1n) is 8.75. The van der Waals surface area contributed by atoms with Gasteiger partial charge in [-0.3, -0.25) is 19.0 Å². The van der Waals surface area contributed by atoms with Crippen LogP contribution in [0.1, 0.15) is 28.2 Å². The van der Waals surface area contributed by atoms with Crippen LogP contribution in [0.15, 0.2) is 24.4 Å². The van der Waals surface area contributed by atoms with Crippen LogP contribution in [0.5, 0.6) is 0 Å². The zero-order valence-electron chi connectivity index (χ0n) is 16.3. The summed E-state index contributed by atoms with van der Waals surface area (Å²) in [7, 11) is 5.06. The molecule has 27 heavy (non-hydrogen) atoms. The lowest BCUT2D eigenvalue weighted by Crippen LogP contribution is -2.24. The van der Waals surface area contributed by atoms with Crippen LogP contribution in [-0.2, 0) is 18.4 Å². The lowest BCUT2D eigenvalue weighted by Gasteiger charge is -2.11. The molecule has 0 aliphatic rings. The lowest BCUT2D eigenvalue weighted by molar-refractivity contribution is -0.116. The van der Waals surface area contributed by atoms with Crippen LogP contribution in [-0.4, -0.2) is 50.4 Å². The predicted molar refractivity (Wildman–Crippen MR) is 104 cm³/mol. The van der Waals surface area contributed by atoms with E-state index < -0.39 is 0 Å². The summed E-state index contributed by atoms with van der Waals surface area (Å²) in [6.45, 7) is 4.30. The van der Waals surface area contributed by atoms with Crippen molar-refractivity contribution in [3.8, 4) is 0 Å². The SMILES string of the molecule is Cc1ccc2cnn(CCC(=O)Nc3c(C(=O)N(C)C)nn(C)c3C)c2c1. The van der Waals surface area contributed by atoms with E-state index in [1.807, 2.05) is 30.7 Å². The molecule has 0 radical (unpaired) electrons. The second-order valence-corrected chi connectivity index (χ2v) is 6.86. The molecule has 8 heteroatoms. The van der Waals surface area contributed by atoms with Crippen molar-refractivity contribution in [3.05, 3.63) is 41.3 Å². The number of anilines is 1. The number of benzene rings is 1. The fourth-order valence-corrected chi connectivity index (χ4v) is 2.89. The summed E-state index contributed by atoms with van der Waals surface area (Å²) < 4.78 is 3.42. The summed E-state index contributed by atoms with van der Waals surface area (Å²) in [6, 6.07) is 6.11. The maximum atomic E-state index is 12.5. The number of aromatic nitrogens is 4. The second-order valence-electron chi connectivity index (χ2n) is 6.86. The van der Waals surface area contributed by atoms with E-state index in [1.54, 1.807) is 32.0 Å². The first-order valence-corrected chi connectivity index (χ1v) is 8.75. The smallest absolute Gasteiger partial charge is 0.276 e. The number of rotatable bonds is 5. The number of amides is 2. The minimum atomic E-state index is -0.248. The highest BCUT2D eigenvalue weighted by atomic mass is 16.2. The molecule has 0 saturated heterocycles. The summed E-state index contributed by atoms with van der Waals surface area (Å²) in [5, 5.41) is 12.5. The molecule has 0 atom stereocenters. The van der Waals surface area contributed by atoms with Crippen LogP contribution < -0.4 is 5.32 Å². The Morgan fingerprint density at radius 1 is 1.22 bits per heavy atom. The molecular weight excluding hydrogens is 344 g/mol. The Labute approximate surface area is 157 Å². The largest absolute Gasteiger partial charge is 0.343 e. The quantitative estimate of drug-likeness (QED) is 0.747. The lowest BCUT2D eigenvalue weighted by atomic mass is 10.2. The van der Waals surface area contributed by atoms with Crippen molar-refractivity contribution in [2.45, 2.75) is 26.8 Å². The van der Waals surface area contributed by atoms with Crippen molar-refractivity contribution in [3.63, 3.8) is 0 Å². The predicted octanol–water partition coefficient (Wildman–Crippen LogP) is 2.12. The Balaban J connectivity index is 1.74. The van der Waals surface area contributed by atoms with Gasteiger partial charge in [0, 0.05) is 33.0 Å². The second kappa shape index (κ2) is 7.22. The van der Waals surface area contributed by atoms with Crippen LogP contribution in [0.3, 0.4) is 0 Å². The monoisotopic (exact) mass is 368 g/mol. The third-order valence-corrected chi connectivity index (χ3v) is 4.56. The summed E-state index contributed by atoms with van der Waals surface area (Å²) in [5.74, 6) is -0.433. The first-order chi connectivity index (χ1) is 12.8. The summed E-state index contributed by atoms with van der Waals surface area (Å²) in [5.41, 5.74) is 3.58. The number of fused-ring (bicyclic) bond motifs is 1. The minimum absolute atomic E-state index is 0.185. The molecule has 0 bridgehead atoms. The molecule has 1 N–H and O–H groups in total. The minimum Gasteiger partial charge on any atom is -0.343 e. The molecule has 0 spiro atoms. The van der Waals surface area contributed by atoms with Gasteiger partial charge in [-0.1, -0.05) is 12.1 Å². The molecule has 0 aliphatic carbocycles. The van der Waals surface area contributed by atoms with Crippen LogP contribution in [0.2, 0.25) is 0 Å². The molecule has 2 heterocycles. The average molecular weight is 368 g/mol. The molecule has 1 aromatic carbocycles. The Hall–Kier alpha value is -3.16. The van der Waals surface area contributed by atoms with Gasteiger partial charge >= 0.3 is 0 Å². The van der Waals surface area contributed by atoms with Crippen molar-refractivity contribution in [2.75, 3.05) is 19.4 Å². The molecule has 2 aromatic heterocycles. The zero-order chi connectivity index (χ0) is 19.7.